The van der Waals surface area contributed by atoms with Crippen molar-refractivity contribution in [2.45, 2.75) is 11.0 Å². The van der Waals surface area contributed by atoms with E-state index in [0.29, 0.717) is 11.0 Å². The van der Waals surface area contributed by atoms with Crippen molar-refractivity contribution in [2.75, 3.05) is 20.3 Å². The molecule has 0 aliphatic rings. The van der Waals surface area contributed by atoms with Gasteiger partial charge in [0.1, 0.15) is 5.58 Å². The summed E-state index contributed by atoms with van der Waals surface area (Å²) >= 11 is 0. The van der Waals surface area contributed by atoms with E-state index in [1.165, 1.54) is 37.4 Å². The highest BCUT2D eigenvalue weighted by Gasteiger charge is 2.16. The van der Waals surface area contributed by atoms with Gasteiger partial charge in [0.05, 0.1) is 17.6 Å². The third-order valence-corrected chi connectivity index (χ3v) is 4.19. The molecule has 0 fully saturated rings. The van der Waals surface area contributed by atoms with Crippen molar-refractivity contribution in [3.63, 3.8) is 0 Å². The second kappa shape index (κ2) is 6.35. The molecular formula is C13H15NO6S. The van der Waals surface area contributed by atoms with Gasteiger partial charge in [-0.1, -0.05) is 0 Å². The van der Waals surface area contributed by atoms with E-state index in [9.17, 15) is 18.3 Å². The lowest BCUT2D eigenvalue weighted by Gasteiger charge is -2.11. The summed E-state index contributed by atoms with van der Waals surface area (Å²) in [5.74, 6) is 0. The summed E-state index contributed by atoms with van der Waals surface area (Å²) in [4.78, 5) is 11.1. The van der Waals surface area contributed by atoms with Crippen molar-refractivity contribution in [1.82, 2.24) is 4.72 Å². The number of hydrogen-bond donors (Lipinski definition) is 2. The monoisotopic (exact) mass is 313 g/mol. The molecule has 1 aromatic heterocycles. The minimum Gasteiger partial charge on any atom is -0.423 e. The SMILES string of the molecule is COCC(O)CNS(=O)(=O)c1ccc2oc(=O)ccc2c1. The lowest BCUT2D eigenvalue weighted by atomic mass is 10.2. The maximum Gasteiger partial charge on any atom is 0.336 e. The Morgan fingerprint density at radius 3 is 2.81 bits per heavy atom. The van der Waals surface area contributed by atoms with Crippen LogP contribution in [-0.2, 0) is 14.8 Å². The second-order valence-electron chi connectivity index (χ2n) is 4.42. The van der Waals surface area contributed by atoms with Gasteiger partial charge in [0, 0.05) is 25.1 Å². The molecule has 2 aromatic rings. The van der Waals surface area contributed by atoms with Crippen LogP contribution < -0.4 is 10.3 Å². The number of hydrogen-bond acceptors (Lipinski definition) is 6. The smallest absolute Gasteiger partial charge is 0.336 e. The summed E-state index contributed by atoms with van der Waals surface area (Å²) in [6.45, 7) is -0.122. The Hall–Kier alpha value is -1.74. The third-order valence-electron chi connectivity index (χ3n) is 2.77. The molecule has 0 saturated carbocycles. The van der Waals surface area contributed by atoms with E-state index in [2.05, 4.69) is 4.72 Å². The molecule has 0 amide bonds. The van der Waals surface area contributed by atoms with Crippen LogP contribution >= 0.6 is 0 Å². The first kappa shape index (κ1) is 15.6. The number of fused-ring (bicyclic) bond motifs is 1. The number of aliphatic hydroxyl groups excluding tert-OH is 1. The quantitative estimate of drug-likeness (QED) is 0.732. The molecular weight excluding hydrogens is 298 g/mol. The molecule has 2 rings (SSSR count). The number of methoxy groups -OCH3 is 1. The van der Waals surface area contributed by atoms with E-state index in [0.717, 1.165) is 0 Å². The van der Waals surface area contributed by atoms with Crippen LogP contribution in [0.3, 0.4) is 0 Å². The van der Waals surface area contributed by atoms with Crippen molar-refractivity contribution in [1.29, 1.82) is 0 Å². The molecule has 1 heterocycles. The van der Waals surface area contributed by atoms with Crippen LogP contribution in [0.5, 0.6) is 0 Å². The van der Waals surface area contributed by atoms with Gasteiger partial charge in [0.2, 0.25) is 10.0 Å². The van der Waals surface area contributed by atoms with Gasteiger partial charge in [-0.05, 0) is 24.3 Å². The fraction of sp³-hybridized carbons (Fsp3) is 0.308. The van der Waals surface area contributed by atoms with Gasteiger partial charge in [-0.2, -0.15) is 0 Å². The average Bonchev–Trinajstić information content (AvgIpc) is 2.45. The van der Waals surface area contributed by atoms with Crippen LogP contribution in [0.25, 0.3) is 11.0 Å². The number of aliphatic hydroxyl groups is 1. The van der Waals surface area contributed by atoms with E-state index in [-0.39, 0.29) is 18.0 Å². The molecule has 0 radical (unpaired) electrons. The minimum atomic E-state index is -3.76. The Kier molecular flexibility index (Phi) is 4.73. The molecule has 0 aliphatic heterocycles. The Balaban J connectivity index is 2.24. The summed E-state index contributed by atoms with van der Waals surface area (Å²) in [5, 5.41) is 9.96. The first-order valence-electron chi connectivity index (χ1n) is 6.13. The fourth-order valence-corrected chi connectivity index (χ4v) is 2.87. The highest BCUT2D eigenvalue weighted by Crippen LogP contribution is 2.17. The van der Waals surface area contributed by atoms with E-state index < -0.39 is 21.8 Å². The van der Waals surface area contributed by atoms with Crippen molar-refractivity contribution < 1.29 is 22.7 Å². The van der Waals surface area contributed by atoms with E-state index in [1.807, 2.05) is 0 Å². The fourth-order valence-electron chi connectivity index (χ4n) is 1.76. The minimum absolute atomic E-state index is 0.0217. The molecule has 8 heteroatoms. The molecule has 0 saturated heterocycles. The van der Waals surface area contributed by atoms with Crippen molar-refractivity contribution >= 4 is 21.0 Å². The zero-order chi connectivity index (χ0) is 15.5. The molecule has 0 spiro atoms. The number of sulfonamides is 1. The zero-order valence-electron chi connectivity index (χ0n) is 11.3. The van der Waals surface area contributed by atoms with Crippen LogP contribution in [-0.4, -0.2) is 39.9 Å². The second-order valence-corrected chi connectivity index (χ2v) is 6.18. The normalized spacial score (nSPS) is 13.4. The summed E-state index contributed by atoms with van der Waals surface area (Å²) < 4.78 is 36.1. The maximum absolute atomic E-state index is 12.1. The molecule has 1 unspecified atom stereocenters. The predicted octanol–water partition coefficient (Wildman–Crippen LogP) is 0.0786. The van der Waals surface area contributed by atoms with Crippen LogP contribution in [0, 0.1) is 0 Å². The van der Waals surface area contributed by atoms with Gasteiger partial charge in [0.25, 0.3) is 0 Å². The van der Waals surface area contributed by atoms with Gasteiger partial charge in [-0.15, -0.1) is 0 Å². The maximum atomic E-state index is 12.1. The summed E-state index contributed by atoms with van der Waals surface area (Å²) in [5.41, 5.74) is -0.195. The topological polar surface area (TPSA) is 106 Å². The van der Waals surface area contributed by atoms with Gasteiger partial charge >= 0.3 is 5.63 Å². The molecule has 21 heavy (non-hydrogen) atoms. The van der Waals surface area contributed by atoms with Crippen molar-refractivity contribution in [3.05, 3.63) is 40.8 Å². The Bertz CT molecular complexity index is 783. The molecule has 7 nitrogen and oxygen atoms in total. The molecule has 2 N–H and O–H groups in total. The average molecular weight is 313 g/mol. The molecule has 1 atom stereocenters. The Labute approximate surface area is 121 Å². The van der Waals surface area contributed by atoms with E-state index in [4.69, 9.17) is 9.15 Å². The largest absolute Gasteiger partial charge is 0.423 e. The number of benzene rings is 1. The summed E-state index contributed by atoms with van der Waals surface area (Å²) in [7, 11) is -2.35. The number of nitrogens with one attached hydrogen (secondary N) is 1. The van der Waals surface area contributed by atoms with Gasteiger partial charge in [-0.25, -0.2) is 17.9 Å². The summed E-state index contributed by atoms with van der Waals surface area (Å²) in [6.07, 6.45) is -0.928. The number of rotatable bonds is 6. The molecule has 1 aromatic carbocycles. The van der Waals surface area contributed by atoms with Gasteiger partial charge < -0.3 is 14.3 Å². The van der Waals surface area contributed by atoms with Crippen molar-refractivity contribution in [2.24, 2.45) is 0 Å². The van der Waals surface area contributed by atoms with Crippen molar-refractivity contribution in [3.8, 4) is 0 Å². The predicted molar refractivity (Wildman–Crippen MR) is 75.6 cm³/mol. The van der Waals surface area contributed by atoms with Gasteiger partial charge in [0.15, 0.2) is 0 Å². The molecule has 114 valence electrons. The number of ether oxygens (including phenoxy) is 1. The first-order chi connectivity index (χ1) is 9.92. The van der Waals surface area contributed by atoms with E-state index in [1.54, 1.807) is 0 Å². The first-order valence-corrected chi connectivity index (χ1v) is 7.61. The van der Waals surface area contributed by atoms with Crippen LogP contribution in [0.2, 0.25) is 0 Å². The van der Waals surface area contributed by atoms with Crippen LogP contribution in [0.4, 0.5) is 0 Å². The highest BCUT2D eigenvalue weighted by atomic mass is 32.2. The molecule has 0 bridgehead atoms. The van der Waals surface area contributed by atoms with Crippen LogP contribution in [0.15, 0.2) is 44.4 Å². The highest BCUT2D eigenvalue weighted by molar-refractivity contribution is 7.89. The summed E-state index contributed by atoms with van der Waals surface area (Å²) in [6, 6.07) is 6.84. The zero-order valence-corrected chi connectivity index (χ0v) is 12.1. The standard InChI is InChI=1S/C13H15NO6S/c1-19-8-10(15)7-14-21(17,18)11-3-4-12-9(6-11)2-5-13(16)20-12/h2-6,10,14-15H,7-8H2,1H3. The lowest BCUT2D eigenvalue weighted by molar-refractivity contribution is 0.0679. The third kappa shape index (κ3) is 3.88. The van der Waals surface area contributed by atoms with Crippen LogP contribution in [0.1, 0.15) is 0 Å². The Morgan fingerprint density at radius 1 is 1.33 bits per heavy atom. The van der Waals surface area contributed by atoms with Gasteiger partial charge in [-0.3, -0.25) is 0 Å². The van der Waals surface area contributed by atoms with E-state index >= 15 is 0 Å². The molecule has 0 aliphatic carbocycles. The lowest BCUT2D eigenvalue weighted by Crippen LogP contribution is -2.34. The Morgan fingerprint density at radius 2 is 2.10 bits per heavy atom.